The third-order valence-electron chi connectivity index (χ3n) is 4.92. The fourth-order valence-electron chi connectivity index (χ4n) is 3.27. The number of benzene rings is 3. The second-order valence-electron chi connectivity index (χ2n) is 7.26. The van der Waals surface area contributed by atoms with Crippen LogP contribution >= 0.6 is 24.0 Å². The zero-order chi connectivity index (χ0) is 22.5. The van der Waals surface area contributed by atoms with Crippen molar-refractivity contribution in [3.63, 3.8) is 0 Å². The molecule has 0 spiro atoms. The molecule has 32 heavy (non-hydrogen) atoms. The summed E-state index contributed by atoms with van der Waals surface area (Å²) in [6.45, 7) is 5.04. The lowest BCUT2D eigenvalue weighted by atomic mass is 10.1. The Balaban J connectivity index is 1.53. The molecule has 4 rings (SSSR count). The maximum absolute atomic E-state index is 13.1. The van der Waals surface area contributed by atoms with Gasteiger partial charge in [0.1, 0.15) is 18.1 Å². The molecule has 162 valence electrons. The van der Waals surface area contributed by atoms with Crippen LogP contribution in [0.5, 0.6) is 11.5 Å². The molecule has 1 fully saturated rings. The normalized spacial score (nSPS) is 14.8. The van der Waals surface area contributed by atoms with E-state index >= 15 is 0 Å². The van der Waals surface area contributed by atoms with Crippen LogP contribution in [0.4, 0.5) is 5.69 Å². The first-order valence-electron chi connectivity index (χ1n) is 10.3. The highest BCUT2D eigenvalue weighted by atomic mass is 32.2. The number of amides is 1. The standard InChI is InChI=1S/C26H23NO3S2/c1-3-29-22-14-12-21(13-15-22)27-25(28)24(32-26(27)31)16-20-6-4-5-7-23(20)30-17-19-10-8-18(2)9-11-19/h4-16H,3,17H2,1-2H3/b24-16-. The first-order chi connectivity index (χ1) is 15.5. The van der Waals surface area contributed by atoms with Gasteiger partial charge in [0.05, 0.1) is 17.2 Å². The molecule has 1 aliphatic rings. The van der Waals surface area contributed by atoms with Crippen LogP contribution in [-0.4, -0.2) is 16.8 Å². The number of aryl methyl sites for hydroxylation is 1. The molecule has 1 saturated heterocycles. The topological polar surface area (TPSA) is 38.8 Å². The van der Waals surface area contributed by atoms with Crippen LogP contribution in [0, 0.1) is 6.92 Å². The summed E-state index contributed by atoms with van der Waals surface area (Å²) >= 11 is 6.79. The Kier molecular flexibility index (Phi) is 6.93. The number of thiocarbonyl (C=S) groups is 1. The lowest BCUT2D eigenvalue weighted by Gasteiger charge is -2.15. The van der Waals surface area contributed by atoms with Gasteiger partial charge in [-0.3, -0.25) is 9.69 Å². The molecule has 3 aromatic carbocycles. The lowest BCUT2D eigenvalue weighted by molar-refractivity contribution is -0.113. The molecular weight excluding hydrogens is 438 g/mol. The summed E-state index contributed by atoms with van der Waals surface area (Å²) in [4.78, 5) is 15.2. The third kappa shape index (κ3) is 5.03. The van der Waals surface area contributed by atoms with Crippen molar-refractivity contribution >= 4 is 46.0 Å². The Labute approximate surface area is 197 Å². The summed E-state index contributed by atoms with van der Waals surface area (Å²) in [6.07, 6.45) is 1.85. The van der Waals surface area contributed by atoms with E-state index in [1.807, 2.05) is 61.5 Å². The Morgan fingerprint density at radius 1 is 0.969 bits per heavy atom. The Morgan fingerprint density at radius 3 is 2.41 bits per heavy atom. The molecule has 0 saturated carbocycles. The lowest BCUT2D eigenvalue weighted by Crippen LogP contribution is -2.27. The summed E-state index contributed by atoms with van der Waals surface area (Å²) in [7, 11) is 0. The van der Waals surface area contributed by atoms with Crippen LogP contribution in [0.15, 0.2) is 77.7 Å². The molecule has 1 amide bonds. The average Bonchev–Trinajstić information content (AvgIpc) is 3.08. The van der Waals surface area contributed by atoms with Gasteiger partial charge < -0.3 is 9.47 Å². The van der Waals surface area contributed by atoms with E-state index in [1.165, 1.54) is 17.3 Å². The Morgan fingerprint density at radius 2 is 1.69 bits per heavy atom. The number of para-hydroxylation sites is 1. The van der Waals surface area contributed by atoms with Crippen molar-refractivity contribution in [2.24, 2.45) is 0 Å². The van der Waals surface area contributed by atoms with Crippen LogP contribution in [0.25, 0.3) is 6.08 Å². The maximum atomic E-state index is 13.1. The van der Waals surface area contributed by atoms with Gasteiger partial charge >= 0.3 is 0 Å². The highest BCUT2D eigenvalue weighted by Crippen LogP contribution is 2.37. The molecular formula is C26H23NO3S2. The van der Waals surface area contributed by atoms with Crippen molar-refractivity contribution in [1.82, 2.24) is 0 Å². The molecule has 0 unspecified atom stereocenters. The van der Waals surface area contributed by atoms with Gasteiger partial charge in [0.2, 0.25) is 0 Å². The van der Waals surface area contributed by atoms with E-state index in [0.29, 0.717) is 22.4 Å². The molecule has 6 heteroatoms. The summed E-state index contributed by atoms with van der Waals surface area (Å²) in [6, 6.07) is 23.3. The number of rotatable bonds is 7. The largest absolute Gasteiger partial charge is 0.494 e. The van der Waals surface area contributed by atoms with Crippen LogP contribution in [0.3, 0.4) is 0 Å². The van der Waals surface area contributed by atoms with Crippen LogP contribution < -0.4 is 14.4 Å². The van der Waals surface area contributed by atoms with Crippen molar-refractivity contribution in [1.29, 1.82) is 0 Å². The van der Waals surface area contributed by atoms with Gasteiger partial charge in [0.15, 0.2) is 4.32 Å². The number of nitrogens with zero attached hydrogens (tertiary/aromatic N) is 1. The molecule has 3 aromatic rings. The smallest absolute Gasteiger partial charge is 0.270 e. The summed E-state index contributed by atoms with van der Waals surface area (Å²) in [5, 5.41) is 0. The van der Waals surface area contributed by atoms with E-state index in [9.17, 15) is 4.79 Å². The van der Waals surface area contributed by atoms with Crippen LogP contribution in [-0.2, 0) is 11.4 Å². The maximum Gasteiger partial charge on any atom is 0.270 e. The number of carbonyl (C=O) groups excluding carboxylic acids is 1. The minimum atomic E-state index is -0.141. The Bertz CT molecular complexity index is 1150. The second kappa shape index (κ2) is 10.0. The van der Waals surface area contributed by atoms with Gasteiger partial charge in [-0.25, -0.2) is 0 Å². The fraction of sp³-hybridized carbons (Fsp3) is 0.154. The zero-order valence-electron chi connectivity index (χ0n) is 17.9. The van der Waals surface area contributed by atoms with E-state index in [0.717, 1.165) is 28.3 Å². The first-order valence-corrected chi connectivity index (χ1v) is 11.6. The number of ether oxygens (including phenoxy) is 2. The molecule has 0 radical (unpaired) electrons. The van der Waals surface area contributed by atoms with Crippen molar-refractivity contribution in [2.75, 3.05) is 11.5 Å². The number of thioether (sulfide) groups is 1. The van der Waals surface area contributed by atoms with Gasteiger partial charge in [-0.1, -0.05) is 72.0 Å². The third-order valence-corrected chi connectivity index (χ3v) is 6.22. The summed E-state index contributed by atoms with van der Waals surface area (Å²) in [5.41, 5.74) is 3.87. The number of anilines is 1. The molecule has 0 atom stereocenters. The van der Waals surface area contributed by atoms with Gasteiger partial charge in [-0.2, -0.15) is 0 Å². The van der Waals surface area contributed by atoms with Gasteiger partial charge in [-0.15, -0.1) is 0 Å². The first kappa shape index (κ1) is 22.1. The van der Waals surface area contributed by atoms with Crippen molar-refractivity contribution in [3.05, 3.63) is 94.4 Å². The fourth-order valence-corrected chi connectivity index (χ4v) is 4.56. The minimum absolute atomic E-state index is 0.141. The van der Waals surface area contributed by atoms with E-state index in [2.05, 4.69) is 31.2 Å². The highest BCUT2D eigenvalue weighted by molar-refractivity contribution is 8.27. The van der Waals surface area contributed by atoms with Gasteiger partial charge in [0.25, 0.3) is 5.91 Å². The molecule has 1 heterocycles. The van der Waals surface area contributed by atoms with Crippen molar-refractivity contribution < 1.29 is 14.3 Å². The monoisotopic (exact) mass is 461 g/mol. The molecule has 4 nitrogen and oxygen atoms in total. The quantitative estimate of drug-likeness (QED) is 0.302. The van der Waals surface area contributed by atoms with E-state index in [1.54, 1.807) is 4.90 Å². The second-order valence-corrected chi connectivity index (χ2v) is 8.93. The van der Waals surface area contributed by atoms with E-state index < -0.39 is 0 Å². The molecule has 1 aliphatic heterocycles. The summed E-state index contributed by atoms with van der Waals surface area (Å²) in [5.74, 6) is 1.34. The van der Waals surface area contributed by atoms with E-state index in [4.69, 9.17) is 21.7 Å². The van der Waals surface area contributed by atoms with Crippen LogP contribution in [0.1, 0.15) is 23.6 Å². The van der Waals surface area contributed by atoms with Crippen LogP contribution in [0.2, 0.25) is 0 Å². The van der Waals surface area contributed by atoms with E-state index in [-0.39, 0.29) is 5.91 Å². The molecule has 0 N–H and O–H groups in total. The SMILES string of the molecule is CCOc1ccc(N2C(=O)/C(=C/c3ccccc3OCc3ccc(C)cc3)SC2=S)cc1. The number of hydrogen-bond acceptors (Lipinski definition) is 5. The molecule has 0 aromatic heterocycles. The van der Waals surface area contributed by atoms with Gasteiger partial charge in [0, 0.05) is 5.56 Å². The van der Waals surface area contributed by atoms with Gasteiger partial charge in [-0.05, 0) is 55.8 Å². The minimum Gasteiger partial charge on any atom is -0.494 e. The predicted molar refractivity (Wildman–Crippen MR) is 135 cm³/mol. The summed E-state index contributed by atoms with van der Waals surface area (Å²) < 4.78 is 12.0. The van der Waals surface area contributed by atoms with Crippen molar-refractivity contribution in [2.45, 2.75) is 20.5 Å². The van der Waals surface area contributed by atoms with Crippen molar-refractivity contribution in [3.8, 4) is 11.5 Å². The molecule has 0 aliphatic carbocycles. The number of carbonyl (C=O) groups is 1. The Hall–Kier alpha value is -3.09. The average molecular weight is 462 g/mol. The zero-order valence-corrected chi connectivity index (χ0v) is 19.5. The highest BCUT2D eigenvalue weighted by Gasteiger charge is 2.33. The molecule has 0 bridgehead atoms. The predicted octanol–water partition coefficient (Wildman–Crippen LogP) is 6.38. The number of hydrogen-bond donors (Lipinski definition) is 0.